The highest BCUT2D eigenvalue weighted by molar-refractivity contribution is 7.90. The summed E-state index contributed by atoms with van der Waals surface area (Å²) in [5.74, 6) is 0. The highest BCUT2D eigenvalue weighted by Crippen LogP contribution is 2.19. The lowest BCUT2D eigenvalue weighted by atomic mass is 10.3. The van der Waals surface area contributed by atoms with Crippen LogP contribution in [0.5, 0.6) is 0 Å². The molecule has 0 aliphatic heterocycles. The van der Waals surface area contributed by atoms with Crippen molar-refractivity contribution < 1.29 is 8.42 Å². The van der Waals surface area contributed by atoms with Gasteiger partial charge in [-0.2, -0.15) is 9.57 Å². The van der Waals surface area contributed by atoms with Crippen LogP contribution >= 0.6 is 0 Å². The van der Waals surface area contributed by atoms with E-state index in [1.165, 1.54) is 4.31 Å². The van der Waals surface area contributed by atoms with Crippen LogP contribution in [0.25, 0.3) is 0 Å². The third kappa shape index (κ3) is 2.68. The first kappa shape index (κ1) is 12.4. The third-order valence-electron chi connectivity index (χ3n) is 1.71. The Morgan fingerprint density at radius 2 is 1.85 bits per heavy atom. The second kappa shape index (κ2) is 4.07. The highest BCUT2D eigenvalue weighted by Gasteiger charge is 2.34. The minimum Gasteiger partial charge on any atom is -0.212 e. The van der Waals surface area contributed by atoms with Gasteiger partial charge in [-0.15, -0.1) is 0 Å². The topological polar surface area (TPSA) is 61.2 Å². The maximum Gasteiger partial charge on any atom is 0.219 e. The standard InChI is InChI=1S/C8H16N2O2S/c1-5-10(7-6-9)13(11,12)8(2,3)4/h5,7H2,1-4H3. The quantitative estimate of drug-likeness (QED) is 0.643. The van der Waals surface area contributed by atoms with E-state index >= 15 is 0 Å². The van der Waals surface area contributed by atoms with Crippen molar-refractivity contribution in [3.63, 3.8) is 0 Å². The Bertz CT molecular complexity index is 295. The van der Waals surface area contributed by atoms with Gasteiger partial charge in [0.25, 0.3) is 0 Å². The van der Waals surface area contributed by atoms with Crippen LogP contribution in [0, 0.1) is 11.3 Å². The summed E-state index contributed by atoms with van der Waals surface area (Å²) in [5.41, 5.74) is 0. The summed E-state index contributed by atoms with van der Waals surface area (Å²) in [4.78, 5) is 0. The molecule has 0 bridgehead atoms. The fourth-order valence-corrected chi connectivity index (χ4v) is 2.18. The molecular weight excluding hydrogens is 188 g/mol. The molecule has 0 heterocycles. The van der Waals surface area contributed by atoms with Gasteiger partial charge in [-0.1, -0.05) is 6.92 Å². The van der Waals surface area contributed by atoms with E-state index in [-0.39, 0.29) is 6.54 Å². The molecule has 0 aromatic heterocycles. The molecular formula is C8H16N2O2S. The van der Waals surface area contributed by atoms with Crippen molar-refractivity contribution in [1.82, 2.24) is 4.31 Å². The summed E-state index contributed by atoms with van der Waals surface area (Å²) in [5, 5.41) is 8.44. The second-order valence-corrected chi connectivity index (χ2v) is 6.39. The molecule has 0 aromatic rings. The maximum atomic E-state index is 11.7. The first-order valence-electron chi connectivity index (χ1n) is 4.14. The average Bonchev–Trinajstić information content (AvgIpc) is 1.97. The van der Waals surface area contributed by atoms with E-state index in [0.29, 0.717) is 6.54 Å². The number of hydrogen-bond donors (Lipinski definition) is 0. The Labute approximate surface area is 80.2 Å². The van der Waals surface area contributed by atoms with E-state index in [1.54, 1.807) is 27.7 Å². The second-order valence-electron chi connectivity index (χ2n) is 3.70. The molecule has 0 rings (SSSR count). The monoisotopic (exact) mass is 204 g/mol. The minimum absolute atomic E-state index is 0.0733. The molecule has 13 heavy (non-hydrogen) atoms. The first-order valence-corrected chi connectivity index (χ1v) is 5.58. The van der Waals surface area contributed by atoms with E-state index in [2.05, 4.69) is 0 Å². The summed E-state index contributed by atoms with van der Waals surface area (Å²) < 4.78 is 23.9. The fourth-order valence-electron chi connectivity index (χ4n) is 0.833. The van der Waals surface area contributed by atoms with Gasteiger partial charge in [-0.05, 0) is 20.8 Å². The Morgan fingerprint density at radius 1 is 1.38 bits per heavy atom. The van der Waals surface area contributed by atoms with E-state index in [9.17, 15) is 8.42 Å². The zero-order valence-electron chi connectivity index (χ0n) is 8.53. The van der Waals surface area contributed by atoms with E-state index in [1.807, 2.05) is 6.07 Å². The van der Waals surface area contributed by atoms with Gasteiger partial charge in [0.1, 0.15) is 6.54 Å². The molecule has 0 saturated heterocycles. The molecule has 0 atom stereocenters. The Kier molecular flexibility index (Phi) is 3.88. The van der Waals surface area contributed by atoms with Gasteiger partial charge in [0.15, 0.2) is 0 Å². The Morgan fingerprint density at radius 3 is 2.08 bits per heavy atom. The lowest BCUT2D eigenvalue weighted by Crippen LogP contribution is -2.42. The summed E-state index contributed by atoms with van der Waals surface area (Å²) in [6.45, 7) is 6.87. The van der Waals surface area contributed by atoms with Crippen LogP contribution in [0.1, 0.15) is 27.7 Å². The molecule has 0 amide bonds. The van der Waals surface area contributed by atoms with Gasteiger partial charge in [0, 0.05) is 6.54 Å². The van der Waals surface area contributed by atoms with Gasteiger partial charge in [-0.25, -0.2) is 8.42 Å². The van der Waals surface area contributed by atoms with Crippen molar-refractivity contribution >= 4 is 10.0 Å². The van der Waals surface area contributed by atoms with Crippen molar-refractivity contribution in [3.05, 3.63) is 0 Å². The van der Waals surface area contributed by atoms with Crippen LogP contribution in [-0.4, -0.2) is 30.6 Å². The molecule has 0 saturated carbocycles. The summed E-state index contributed by atoms with van der Waals surface area (Å²) in [7, 11) is -3.34. The van der Waals surface area contributed by atoms with E-state index in [0.717, 1.165) is 0 Å². The molecule has 0 spiro atoms. The van der Waals surface area contributed by atoms with Crippen molar-refractivity contribution in [1.29, 1.82) is 5.26 Å². The van der Waals surface area contributed by atoms with Crippen molar-refractivity contribution in [2.45, 2.75) is 32.4 Å². The van der Waals surface area contributed by atoms with E-state index in [4.69, 9.17) is 5.26 Å². The molecule has 0 aromatic carbocycles. The van der Waals surface area contributed by atoms with Gasteiger partial charge < -0.3 is 0 Å². The maximum absolute atomic E-state index is 11.7. The normalized spacial score (nSPS) is 12.9. The SMILES string of the molecule is CCN(CC#N)S(=O)(=O)C(C)(C)C. The number of hydrogen-bond acceptors (Lipinski definition) is 3. The van der Waals surface area contributed by atoms with Crippen LogP contribution < -0.4 is 0 Å². The van der Waals surface area contributed by atoms with Gasteiger partial charge in [-0.3, -0.25) is 0 Å². The highest BCUT2D eigenvalue weighted by atomic mass is 32.2. The van der Waals surface area contributed by atoms with Gasteiger partial charge >= 0.3 is 0 Å². The van der Waals surface area contributed by atoms with Crippen LogP contribution in [0.2, 0.25) is 0 Å². The van der Waals surface area contributed by atoms with Crippen LogP contribution in [0.4, 0.5) is 0 Å². The van der Waals surface area contributed by atoms with Crippen molar-refractivity contribution in [3.8, 4) is 6.07 Å². The smallest absolute Gasteiger partial charge is 0.212 e. The summed E-state index contributed by atoms with van der Waals surface area (Å²) in [6.07, 6.45) is 0. The van der Waals surface area contributed by atoms with Crippen LogP contribution in [0.15, 0.2) is 0 Å². The summed E-state index contributed by atoms with van der Waals surface area (Å²) in [6, 6.07) is 1.84. The first-order chi connectivity index (χ1) is 5.77. The van der Waals surface area contributed by atoms with Crippen LogP contribution in [0.3, 0.4) is 0 Å². The van der Waals surface area contributed by atoms with Gasteiger partial charge in [0.05, 0.1) is 10.8 Å². The lowest BCUT2D eigenvalue weighted by molar-refractivity contribution is 0.438. The van der Waals surface area contributed by atoms with Crippen molar-refractivity contribution in [2.75, 3.05) is 13.1 Å². The summed E-state index contributed by atoms with van der Waals surface area (Å²) >= 11 is 0. The molecule has 0 unspecified atom stereocenters. The molecule has 0 aliphatic carbocycles. The molecule has 4 nitrogen and oxygen atoms in total. The van der Waals surface area contributed by atoms with Crippen LogP contribution in [-0.2, 0) is 10.0 Å². The zero-order valence-corrected chi connectivity index (χ0v) is 9.35. The van der Waals surface area contributed by atoms with Crippen molar-refractivity contribution in [2.24, 2.45) is 0 Å². The zero-order chi connectivity index (χ0) is 10.7. The lowest BCUT2D eigenvalue weighted by Gasteiger charge is -2.26. The molecule has 76 valence electrons. The van der Waals surface area contributed by atoms with E-state index < -0.39 is 14.8 Å². The molecule has 0 fully saturated rings. The number of nitriles is 1. The number of rotatable bonds is 3. The number of nitrogens with zero attached hydrogens (tertiary/aromatic N) is 2. The number of sulfonamides is 1. The molecule has 5 heteroatoms. The fraction of sp³-hybridized carbons (Fsp3) is 0.875. The largest absolute Gasteiger partial charge is 0.219 e. The Balaban J connectivity index is 4.93. The predicted molar refractivity (Wildman–Crippen MR) is 51.5 cm³/mol. The predicted octanol–water partition coefficient (Wildman–Crippen LogP) is 0.960. The Hall–Kier alpha value is -0.600. The molecule has 0 N–H and O–H groups in total. The third-order valence-corrected chi connectivity index (χ3v) is 4.33. The molecule has 0 radical (unpaired) electrons. The average molecular weight is 204 g/mol. The minimum atomic E-state index is -3.34. The molecule has 0 aliphatic rings. The van der Waals surface area contributed by atoms with Gasteiger partial charge in [0.2, 0.25) is 10.0 Å².